The number of hydrogen-bond acceptors (Lipinski definition) is 5. The SMILES string of the molecule is CN(CC(=O)O)C1CCCN(C(=O)NCCCc2ccc3c(n2)NCCC3)C1. The Kier molecular flexibility index (Phi) is 7.08. The normalized spacial score (nSPS) is 19.1. The van der Waals surface area contributed by atoms with Crippen molar-refractivity contribution < 1.29 is 14.7 Å². The van der Waals surface area contributed by atoms with Gasteiger partial charge >= 0.3 is 12.0 Å². The first-order valence-corrected chi connectivity index (χ1v) is 10.2. The predicted molar refractivity (Wildman–Crippen MR) is 108 cm³/mol. The average molecular weight is 390 g/mol. The van der Waals surface area contributed by atoms with Gasteiger partial charge < -0.3 is 20.6 Å². The number of likely N-dealkylation sites (tertiary alicyclic amines) is 1. The maximum Gasteiger partial charge on any atom is 0.317 e. The summed E-state index contributed by atoms with van der Waals surface area (Å²) in [5.41, 5.74) is 2.34. The van der Waals surface area contributed by atoms with Crippen LogP contribution in [0.5, 0.6) is 0 Å². The first kappa shape index (κ1) is 20.4. The number of nitrogens with zero attached hydrogens (tertiary/aromatic N) is 3. The molecule has 28 heavy (non-hydrogen) atoms. The molecule has 0 saturated carbocycles. The van der Waals surface area contributed by atoms with Crippen LogP contribution in [0, 0.1) is 0 Å². The van der Waals surface area contributed by atoms with Gasteiger partial charge in [-0.1, -0.05) is 6.07 Å². The Hall–Kier alpha value is -2.35. The highest BCUT2D eigenvalue weighted by molar-refractivity contribution is 5.74. The summed E-state index contributed by atoms with van der Waals surface area (Å²) in [5, 5.41) is 15.3. The fourth-order valence-corrected chi connectivity index (χ4v) is 3.93. The van der Waals surface area contributed by atoms with Crippen molar-refractivity contribution in [1.29, 1.82) is 0 Å². The molecule has 8 nitrogen and oxygen atoms in total. The van der Waals surface area contributed by atoms with Gasteiger partial charge in [-0.05, 0) is 57.2 Å². The molecule has 0 aromatic carbocycles. The molecule has 1 aromatic rings. The Morgan fingerprint density at radius 3 is 3.07 bits per heavy atom. The maximum atomic E-state index is 12.4. The van der Waals surface area contributed by atoms with Crippen LogP contribution in [0.15, 0.2) is 12.1 Å². The summed E-state index contributed by atoms with van der Waals surface area (Å²) in [4.78, 5) is 31.6. The number of rotatable bonds is 7. The van der Waals surface area contributed by atoms with Crippen molar-refractivity contribution >= 4 is 17.8 Å². The predicted octanol–water partition coefficient (Wildman–Crippen LogP) is 1.56. The van der Waals surface area contributed by atoms with Crippen molar-refractivity contribution in [3.63, 3.8) is 0 Å². The number of aliphatic carboxylic acids is 1. The molecule has 1 unspecified atom stereocenters. The fourth-order valence-electron chi connectivity index (χ4n) is 3.93. The molecule has 3 rings (SSSR count). The van der Waals surface area contributed by atoms with Gasteiger partial charge in [0.05, 0.1) is 6.54 Å². The summed E-state index contributed by atoms with van der Waals surface area (Å²) in [6.45, 7) is 2.90. The second-order valence-electron chi connectivity index (χ2n) is 7.73. The molecule has 154 valence electrons. The fraction of sp³-hybridized carbons (Fsp3) is 0.650. The Morgan fingerprint density at radius 2 is 2.25 bits per heavy atom. The molecule has 2 amide bonds. The number of aromatic nitrogens is 1. The van der Waals surface area contributed by atoms with Crippen LogP contribution in [-0.4, -0.2) is 77.7 Å². The summed E-state index contributed by atoms with van der Waals surface area (Å²) in [5.74, 6) is 0.174. The van der Waals surface area contributed by atoms with E-state index in [0.717, 1.165) is 63.1 Å². The molecule has 1 aromatic heterocycles. The van der Waals surface area contributed by atoms with E-state index in [1.54, 1.807) is 11.9 Å². The first-order chi connectivity index (χ1) is 13.5. The number of amides is 2. The van der Waals surface area contributed by atoms with Gasteiger partial charge in [-0.3, -0.25) is 9.69 Å². The van der Waals surface area contributed by atoms with Gasteiger partial charge in [0.25, 0.3) is 0 Å². The van der Waals surface area contributed by atoms with Crippen molar-refractivity contribution in [2.24, 2.45) is 0 Å². The van der Waals surface area contributed by atoms with Crippen LogP contribution in [0.3, 0.4) is 0 Å². The van der Waals surface area contributed by atoms with Crippen LogP contribution in [0.1, 0.15) is 36.9 Å². The van der Waals surface area contributed by atoms with E-state index in [4.69, 9.17) is 5.11 Å². The molecule has 1 atom stereocenters. The van der Waals surface area contributed by atoms with Gasteiger partial charge in [-0.2, -0.15) is 0 Å². The molecular formula is C20H31N5O3. The number of likely N-dealkylation sites (N-methyl/N-ethyl adjacent to an activating group) is 1. The molecule has 8 heteroatoms. The summed E-state index contributed by atoms with van der Waals surface area (Å²) in [7, 11) is 1.81. The lowest BCUT2D eigenvalue weighted by Crippen LogP contribution is -2.52. The number of carbonyl (C=O) groups excluding carboxylic acids is 1. The van der Waals surface area contributed by atoms with E-state index in [0.29, 0.717) is 13.1 Å². The number of nitrogens with one attached hydrogen (secondary N) is 2. The highest BCUT2D eigenvalue weighted by Crippen LogP contribution is 2.20. The smallest absolute Gasteiger partial charge is 0.317 e. The largest absolute Gasteiger partial charge is 0.480 e. The lowest BCUT2D eigenvalue weighted by molar-refractivity contribution is -0.138. The average Bonchev–Trinajstić information content (AvgIpc) is 2.70. The molecule has 2 aliphatic rings. The van der Waals surface area contributed by atoms with Gasteiger partial charge in [0.1, 0.15) is 5.82 Å². The lowest BCUT2D eigenvalue weighted by atomic mass is 10.0. The molecule has 0 spiro atoms. The first-order valence-electron chi connectivity index (χ1n) is 10.2. The minimum atomic E-state index is -0.838. The molecule has 1 saturated heterocycles. The third-order valence-electron chi connectivity index (χ3n) is 5.53. The topological polar surface area (TPSA) is 97.8 Å². The second-order valence-corrected chi connectivity index (χ2v) is 7.73. The summed E-state index contributed by atoms with van der Waals surface area (Å²) in [6, 6.07) is 4.28. The number of anilines is 1. The van der Waals surface area contributed by atoms with Gasteiger partial charge in [0.2, 0.25) is 0 Å². The van der Waals surface area contributed by atoms with E-state index < -0.39 is 5.97 Å². The standard InChI is InChI=1S/C20H31N5O3/c1-24(14-18(26)27)17-7-4-12-25(13-17)20(28)22-11-3-6-16-9-8-15-5-2-10-21-19(15)23-16/h8-9,17H,2-7,10-14H2,1H3,(H,21,23)(H,22,28)(H,26,27). The van der Waals surface area contributed by atoms with Gasteiger partial charge in [-0.25, -0.2) is 9.78 Å². The Bertz CT molecular complexity index is 696. The van der Waals surface area contributed by atoms with Crippen molar-refractivity contribution in [2.45, 2.75) is 44.6 Å². The van der Waals surface area contributed by atoms with E-state index in [1.807, 2.05) is 4.90 Å². The second kappa shape index (κ2) is 9.73. The Balaban J connectivity index is 1.40. The van der Waals surface area contributed by atoms with E-state index in [-0.39, 0.29) is 18.6 Å². The van der Waals surface area contributed by atoms with Crippen LogP contribution in [0.25, 0.3) is 0 Å². The third-order valence-corrected chi connectivity index (χ3v) is 5.53. The minimum Gasteiger partial charge on any atom is -0.480 e. The Labute approximate surface area is 166 Å². The highest BCUT2D eigenvalue weighted by Gasteiger charge is 2.26. The minimum absolute atomic E-state index is 0.00274. The molecule has 2 aliphatic heterocycles. The number of carboxylic acids is 1. The third kappa shape index (κ3) is 5.58. The number of pyridine rings is 1. The monoisotopic (exact) mass is 389 g/mol. The number of urea groups is 1. The van der Waals surface area contributed by atoms with E-state index in [2.05, 4.69) is 27.8 Å². The highest BCUT2D eigenvalue weighted by atomic mass is 16.4. The molecule has 0 radical (unpaired) electrons. The number of hydrogen-bond donors (Lipinski definition) is 3. The summed E-state index contributed by atoms with van der Waals surface area (Å²) in [6.07, 6.45) is 5.74. The van der Waals surface area contributed by atoms with E-state index >= 15 is 0 Å². The Morgan fingerprint density at radius 1 is 1.39 bits per heavy atom. The summed E-state index contributed by atoms with van der Waals surface area (Å²) >= 11 is 0. The zero-order chi connectivity index (χ0) is 19.9. The molecule has 1 fully saturated rings. The maximum absolute atomic E-state index is 12.4. The number of piperidine rings is 1. The van der Waals surface area contributed by atoms with Gasteiger partial charge in [-0.15, -0.1) is 0 Å². The molecular weight excluding hydrogens is 358 g/mol. The summed E-state index contributed by atoms with van der Waals surface area (Å²) < 4.78 is 0. The van der Waals surface area contributed by atoms with Crippen molar-refractivity contribution in [2.75, 3.05) is 45.1 Å². The van der Waals surface area contributed by atoms with Crippen LogP contribution in [-0.2, 0) is 17.6 Å². The van der Waals surface area contributed by atoms with Crippen LogP contribution >= 0.6 is 0 Å². The van der Waals surface area contributed by atoms with E-state index in [1.165, 1.54) is 5.56 Å². The lowest BCUT2D eigenvalue weighted by Gasteiger charge is -2.37. The number of aryl methyl sites for hydroxylation is 2. The van der Waals surface area contributed by atoms with Crippen molar-refractivity contribution in [3.8, 4) is 0 Å². The number of carbonyl (C=O) groups is 2. The number of fused-ring (bicyclic) bond motifs is 1. The van der Waals surface area contributed by atoms with Crippen LogP contribution in [0.4, 0.5) is 10.6 Å². The van der Waals surface area contributed by atoms with E-state index in [9.17, 15) is 9.59 Å². The number of carboxylic acid groups (broad SMARTS) is 1. The van der Waals surface area contributed by atoms with Crippen molar-refractivity contribution in [1.82, 2.24) is 20.1 Å². The van der Waals surface area contributed by atoms with Gasteiger partial charge in [0, 0.05) is 37.9 Å². The zero-order valence-electron chi connectivity index (χ0n) is 16.6. The quantitative estimate of drug-likeness (QED) is 0.613. The van der Waals surface area contributed by atoms with Crippen LogP contribution in [0.2, 0.25) is 0 Å². The molecule has 3 N–H and O–H groups in total. The molecule has 3 heterocycles. The van der Waals surface area contributed by atoms with Crippen molar-refractivity contribution in [3.05, 3.63) is 23.4 Å². The molecule has 0 bridgehead atoms. The molecule has 0 aliphatic carbocycles. The van der Waals surface area contributed by atoms with Crippen LogP contribution < -0.4 is 10.6 Å². The zero-order valence-corrected chi connectivity index (χ0v) is 16.6. The van der Waals surface area contributed by atoms with Gasteiger partial charge in [0.15, 0.2) is 0 Å².